The minimum Gasteiger partial charge on any atom is -0.361 e. The number of fused-ring (bicyclic) bond motifs is 4. The van der Waals surface area contributed by atoms with Gasteiger partial charge in [0.25, 0.3) is 0 Å². The summed E-state index contributed by atoms with van der Waals surface area (Å²) in [5.74, 6) is 0. The summed E-state index contributed by atoms with van der Waals surface area (Å²) in [4.78, 5) is 11.9. The molecule has 1 aliphatic heterocycles. The largest absolute Gasteiger partial charge is 0.361 e. The molecule has 166 valence electrons. The van der Waals surface area contributed by atoms with Gasteiger partial charge in [0.2, 0.25) is 0 Å². The highest BCUT2D eigenvalue weighted by Crippen LogP contribution is 2.48. The smallest absolute Gasteiger partial charge is 0.183 e. The van der Waals surface area contributed by atoms with Gasteiger partial charge in [0.1, 0.15) is 0 Å². The molecule has 1 aromatic heterocycles. The summed E-state index contributed by atoms with van der Waals surface area (Å²) in [7, 11) is 2.18. The first-order valence-electron chi connectivity index (χ1n) is 11.1. The molecule has 1 saturated heterocycles. The van der Waals surface area contributed by atoms with E-state index in [-0.39, 0.29) is 0 Å². The molecule has 6 rings (SSSR count). The van der Waals surface area contributed by atoms with E-state index < -0.39 is 0 Å². The third kappa shape index (κ3) is 4.12. The third-order valence-corrected chi connectivity index (χ3v) is 8.85. The molecule has 4 nitrogen and oxygen atoms in total. The first-order valence-corrected chi connectivity index (χ1v) is 13.2. The Morgan fingerprint density at radius 3 is 2.85 bits per heavy atom. The molecule has 1 aliphatic carbocycles. The van der Waals surface area contributed by atoms with Crippen molar-refractivity contribution in [3.63, 3.8) is 0 Å². The predicted molar refractivity (Wildman–Crippen MR) is 142 cm³/mol. The van der Waals surface area contributed by atoms with E-state index in [0.717, 1.165) is 50.6 Å². The van der Waals surface area contributed by atoms with Gasteiger partial charge in [-0.3, -0.25) is 0 Å². The van der Waals surface area contributed by atoms with Crippen LogP contribution < -0.4 is 5.32 Å². The Morgan fingerprint density at radius 2 is 1.97 bits per heavy atom. The average molecular weight is 491 g/mol. The molecular formula is C26H23ClN4S2. The monoisotopic (exact) mass is 490 g/mol. The molecule has 2 heterocycles. The van der Waals surface area contributed by atoms with Crippen LogP contribution in [0.1, 0.15) is 22.7 Å². The van der Waals surface area contributed by atoms with Crippen LogP contribution in [0.4, 0.5) is 10.8 Å². The number of thiazole rings is 1. The minimum atomic E-state index is 0.439. The molecule has 33 heavy (non-hydrogen) atoms. The van der Waals surface area contributed by atoms with Gasteiger partial charge in [0, 0.05) is 23.9 Å². The second-order valence-electron chi connectivity index (χ2n) is 8.48. The van der Waals surface area contributed by atoms with Crippen LogP contribution in [0.15, 0.2) is 71.7 Å². The SMILES string of the molecule is CN1/C(=N/c2ccc(CCNc3nc4ccc(Cl)cc4s3)cc2)SC2Cc3ccccc3[C@@H]21. The number of amidine groups is 1. The maximum absolute atomic E-state index is 6.08. The zero-order valence-electron chi connectivity index (χ0n) is 18.2. The number of nitrogens with one attached hydrogen (secondary N) is 1. The number of benzene rings is 3. The number of aliphatic imine (C=N–C) groups is 1. The van der Waals surface area contributed by atoms with E-state index in [1.165, 1.54) is 16.7 Å². The molecule has 2 aliphatic rings. The number of anilines is 1. The normalized spacial score (nSPS) is 20.4. The van der Waals surface area contributed by atoms with Crippen LogP contribution in [-0.4, -0.2) is 33.9 Å². The van der Waals surface area contributed by atoms with Crippen molar-refractivity contribution in [1.29, 1.82) is 0 Å². The average Bonchev–Trinajstić information content (AvgIpc) is 3.47. The van der Waals surface area contributed by atoms with Crippen LogP contribution in [-0.2, 0) is 12.8 Å². The van der Waals surface area contributed by atoms with Crippen molar-refractivity contribution in [3.8, 4) is 0 Å². The lowest BCUT2D eigenvalue weighted by atomic mass is 10.1. The van der Waals surface area contributed by atoms with Crippen LogP contribution in [0, 0.1) is 0 Å². The van der Waals surface area contributed by atoms with Crippen molar-refractivity contribution < 1.29 is 0 Å². The second kappa shape index (κ2) is 8.67. The van der Waals surface area contributed by atoms with Crippen molar-refractivity contribution in [3.05, 3.63) is 88.4 Å². The fraction of sp³-hybridized carbons (Fsp3) is 0.231. The quantitative estimate of drug-likeness (QED) is 0.329. The van der Waals surface area contributed by atoms with Gasteiger partial charge >= 0.3 is 0 Å². The van der Waals surface area contributed by atoms with E-state index in [0.29, 0.717) is 11.3 Å². The van der Waals surface area contributed by atoms with Gasteiger partial charge < -0.3 is 10.2 Å². The van der Waals surface area contributed by atoms with Crippen molar-refractivity contribution in [2.24, 2.45) is 4.99 Å². The Morgan fingerprint density at radius 1 is 1.12 bits per heavy atom. The third-order valence-electron chi connectivity index (χ3n) is 6.32. The maximum atomic E-state index is 6.08. The van der Waals surface area contributed by atoms with E-state index in [4.69, 9.17) is 16.6 Å². The van der Waals surface area contributed by atoms with E-state index >= 15 is 0 Å². The number of thioether (sulfide) groups is 1. The molecule has 2 atom stereocenters. The van der Waals surface area contributed by atoms with Gasteiger partial charge in [-0.1, -0.05) is 71.1 Å². The number of aromatic nitrogens is 1. The zero-order chi connectivity index (χ0) is 22.4. The van der Waals surface area contributed by atoms with Crippen LogP contribution in [0.25, 0.3) is 10.2 Å². The summed E-state index contributed by atoms with van der Waals surface area (Å²) in [6, 6.07) is 23.7. The van der Waals surface area contributed by atoms with Crippen molar-refractivity contribution in [2.75, 3.05) is 18.9 Å². The Balaban J connectivity index is 1.08. The Hall–Kier alpha value is -2.54. The lowest BCUT2D eigenvalue weighted by Crippen LogP contribution is -2.23. The number of rotatable bonds is 5. The molecule has 3 aromatic carbocycles. The molecule has 4 aromatic rings. The summed E-state index contributed by atoms with van der Waals surface area (Å²) in [5, 5.41) is 6.80. The summed E-state index contributed by atoms with van der Waals surface area (Å²) < 4.78 is 1.11. The summed E-state index contributed by atoms with van der Waals surface area (Å²) in [6.07, 6.45) is 2.06. The highest BCUT2D eigenvalue weighted by Gasteiger charge is 2.43. The first-order chi connectivity index (χ1) is 16.1. The fourth-order valence-electron chi connectivity index (χ4n) is 4.68. The fourth-order valence-corrected chi connectivity index (χ4v) is 7.28. The van der Waals surface area contributed by atoms with Gasteiger partial charge in [0.15, 0.2) is 10.3 Å². The molecule has 1 unspecified atom stereocenters. The van der Waals surface area contributed by atoms with Crippen LogP contribution in [0.2, 0.25) is 5.02 Å². The maximum Gasteiger partial charge on any atom is 0.183 e. The molecule has 0 bridgehead atoms. The van der Waals surface area contributed by atoms with Crippen LogP contribution in [0.5, 0.6) is 0 Å². The summed E-state index contributed by atoms with van der Waals surface area (Å²) in [6.45, 7) is 0.836. The van der Waals surface area contributed by atoms with Gasteiger partial charge in [-0.25, -0.2) is 9.98 Å². The first kappa shape index (κ1) is 21.0. The molecule has 0 amide bonds. The van der Waals surface area contributed by atoms with E-state index in [9.17, 15) is 0 Å². The predicted octanol–water partition coefficient (Wildman–Crippen LogP) is 6.94. The molecule has 1 N–H and O–H groups in total. The summed E-state index contributed by atoms with van der Waals surface area (Å²) in [5.41, 5.74) is 6.23. The number of halogens is 1. The molecule has 0 saturated carbocycles. The van der Waals surface area contributed by atoms with Crippen molar-refractivity contribution in [2.45, 2.75) is 24.1 Å². The number of nitrogens with zero attached hydrogens (tertiary/aromatic N) is 3. The molecular weight excluding hydrogens is 468 g/mol. The van der Waals surface area contributed by atoms with E-state index in [1.54, 1.807) is 11.3 Å². The lowest BCUT2D eigenvalue weighted by molar-refractivity contribution is 0.402. The van der Waals surface area contributed by atoms with Crippen LogP contribution >= 0.6 is 34.7 Å². The van der Waals surface area contributed by atoms with Crippen LogP contribution in [0.3, 0.4) is 0 Å². The standard InChI is InChI=1S/C26H23ClN4S2/c1-31-24-20-5-3-2-4-17(20)14-23(24)33-26(31)29-19-9-6-16(7-10-19)12-13-28-25-30-21-11-8-18(27)15-22(21)32-25/h2-11,15,23-24H,12-14H2,1H3,(H,28,30)/b29-26-/t23?,24-/m0/s1. The van der Waals surface area contributed by atoms with Crippen molar-refractivity contribution in [1.82, 2.24) is 9.88 Å². The highest BCUT2D eigenvalue weighted by molar-refractivity contribution is 8.14. The van der Waals surface area contributed by atoms with Gasteiger partial charge in [0.05, 0.1) is 21.9 Å². The lowest BCUT2D eigenvalue weighted by Gasteiger charge is -2.21. The second-order valence-corrected chi connectivity index (χ2v) is 11.2. The Labute approximate surface area is 206 Å². The van der Waals surface area contributed by atoms with E-state index in [1.807, 2.05) is 30.0 Å². The molecule has 7 heteroatoms. The van der Waals surface area contributed by atoms with Crippen molar-refractivity contribution >= 4 is 60.9 Å². The minimum absolute atomic E-state index is 0.439. The Kier molecular flexibility index (Phi) is 5.52. The summed E-state index contributed by atoms with van der Waals surface area (Å²) >= 11 is 9.63. The van der Waals surface area contributed by atoms with E-state index in [2.05, 4.69) is 70.8 Å². The topological polar surface area (TPSA) is 40.5 Å². The van der Waals surface area contributed by atoms with Gasteiger partial charge in [-0.05, 0) is 59.9 Å². The Bertz CT molecular complexity index is 1350. The number of hydrogen-bond donors (Lipinski definition) is 1. The molecule has 1 fully saturated rings. The van der Waals surface area contributed by atoms with Gasteiger partial charge in [-0.2, -0.15) is 0 Å². The number of hydrogen-bond acceptors (Lipinski definition) is 5. The molecule has 0 spiro atoms. The molecule has 0 radical (unpaired) electrons. The van der Waals surface area contributed by atoms with Gasteiger partial charge in [-0.15, -0.1) is 0 Å². The zero-order valence-corrected chi connectivity index (χ0v) is 20.6. The highest BCUT2D eigenvalue weighted by atomic mass is 35.5.